The summed E-state index contributed by atoms with van der Waals surface area (Å²) in [5, 5.41) is 2.21. The fourth-order valence-electron chi connectivity index (χ4n) is 1.40. The Bertz CT molecular complexity index is 447. The van der Waals surface area contributed by atoms with E-state index in [-0.39, 0.29) is 0 Å². The van der Waals surface area contributed by atoms with E-state index in [1.165, 1.54) is 5.56 Å². The Kier molecular flexibility index (Phi) is 2.00. The van der Waals surface area contributed by atoms with Crippen molar-refractivity contribution in [1.82, 2.24) is 15.0 Å². The highest BCUT2D eigenvalue weighted by Crippen LogP contribution is 2.25. The molecule has 68 valence electrons. The molecule has 0 spiro atoms. The molecular weight excluding hydrogens is 182 g/mol. The van der Waals surface area contributed by atoms with Gasteiger partial charge < -0.3 is 4.98 Å². The van der Waals surface area contributed by atoms with E-state index in [4.69, 9.17) is 0 Å². The van der Waals surface area contributed by atoms with Crippen LogP contribution in [-0.2, 0) is 0 Å². The number of rotatable bonds is 1. The van der Waals surface area contributed by atoms with Gasteiger partial charge in [-0.1, -0.05) is 0 Å². The third-order valence-electron chi connectivity index (χ3n) is 2.00. The van der Waals surface area contributed by atoms with Crippen LogP contribution in [-0.4, -0.2) is 21.2 Å². The maximum atomic E-state index is 4.38. The Labute approximate surface area is 81.0 Å². The van der Waals surface area contributed by atoms with Crippen molar-refractivity contribution >= 4 is 22.8 Å². The zero-order valence-electron chi connectivity index (χ0n) is 7.88. The van der Waals surface area contributed by atoms with Crippen molar-refractivity contribution < 1.29 is 0 Å². The molecule has 0 atom stereocenters. The second kappa shape index (κ2) is 3.03. The monoisotopic (exact) mass is 193 g/mol. The second-order valence-corrected chi connectivity index (χ2v) is 3.77. The zero-order chi connectivity index (χ0) is 9.42. The summed E-state index contributed by atoms with van der Waals surface area (Å²) in [6.07, 6.45) is 4.01. The summed E-state index contributed by atoms with van der Waals surface area (Å²) in [4.78, 5) is 11.8. The van der Waals surface area contributed by atoms with Gasteiger partial charge >= 0.3 is 0 Å². The van der Waals surface area contributed by atoms with Gasteiger partial charge in [0.1, 0.15) is 16.5 Å². The lowest BCUT2D eigenvalue weighted by atomic mass is 10.3. The lowest BCUT2D eigenvalue weighted by molar-refractivity contribution is 1.00. The number of hydrogen-bond acceptors (Lipinski definition) is 3. The average Bonchev–Trinajstić information content (AvgIpc) is 2.46. The first-order chi connectivity index (χ1) is 6.22. The normalized spacial score (nSPS) is 11.0. The molecule has 0 aliphatic heterocycles. The smallest absolute Gasteiger partial charge is 0.142 e. The molecule has 0 radical (unpaired) electrons. The Morgan fingerprint density at radius 2 is 2.08 bits per heavy atom. The van der Waals surface area contributed by atoms with Crippen molar-refractivity contribution in [3.63, 3.8) is 0 Å². The van der Waals surface area contributed by atoms with E-state index in [0.29, 0.717) is 0 Å². The zero-order valence-corrected chi connectivity index (χ0v) is 8.70. The number of aromatic amines is 1. The highest BCUT2D eigenvalue weighted by atomic mass is 32.2. The van der Waals surface area contributed by atoms with Gasteiger partial charge in [-0.15, -0.1) is 11.8 Å². The maximum absolute atomic E-state index is 4.38. The van der Waals surface area contributed by atoms with Crippen LogP contribution in [0.4, 0.5) is 0 Å². The molecule has 0 saturated heterocycles. The Morgan fingerprint density at radius 1 is 1.31 bits per heavy atom. The van der Waals surface area contributed by atoms with Crippen molar-refractivity contribution in [2.75, 3.05) is 6.26 Å². The van der Waals surface area contributed by atoms with E-state index in [1.807, 2.05) is 19.4 Å². The third-order valence-corrected chi connectivity index (χ3v) is 2.68. The standard InChI is InChI=1S/C9H11N3S/c1-5-4-10-8-7(5)9(13-3)12-6(2)11-8/h4H,1-3H3,(H,10,11,12). The van der Waals surface area contributed by atoms with Crippen LogP contribution in [0.2, 0.25) is 0 Å². The van der Waals surface area contributed by atoms with Gasteiger partial charge in [0.15, 0.2) is 0 Å². The Balaban J connectivity index is 2.85. The molecule has 0 aliphatic rings. The largest absolute Gasteiger partial charge is 0.346 e. The van der Waals surface area contributed by atoms with Gasteiger partial charge in [0.25, 0.3) is 0 Å². The van der Waals surface area contributed by atoms with Gasteiger partial charge in [-0.2, -0.15) is 0 Å². The maximum Gasteiger partial charge on any atom is 0.142 e. The lowest BCUT2D eigenvalue weighted by Crippen LogP contribution is -1.91. The quantitative estimate of drug-likeness (QED) is 0.558. The summed E-state index contributed by atoms with van der Waals surface area (Å²) in [6, 6.07) is 0. The first-order valence-corrected chi connectivity index (χ1v) is 5.31. The molecule has 0 aromatic carbocycles. The number of aryl methyl sites for hydroxylation is 2. The minimum Gasteiger partial charge on any atom is -0.346 e. The summed E-state index contributed by atoms with van der Waals surface area (Å²) in [6.45, 7) is 3.98. The molecule has 0 unspecified atom stereocenters. The molecule has 2 aromatic rings. The average molecular weight is 193 g/mol. The van der Waals surface area contributed by atoms with Gasteiger partial charge in [0, 0.05) is 6.20 Å². The van der Waals surface area contributed by atoms with Gasteiger partial charge in [0.05, 0.1) is 5.39 Å². The Morgan fingerprint density at radius 3 is 2.77 bits per heavy atom. The number of hydrogen-bond donors (Lipinski definition) is 1. The van der Waals surface area contributed by atoms with Gasteiger partial charge in [-0.3, -0.25) is 0 Å². The molecule has 0 fully saturated rings. The van der Waals surface area contributed by atoms with E-state index in [9.17, 15) is 0 Å². The van der Waals surface area contributed by atoms with Gasteiger partial charge in [0.2, 0.25) is 0 Å². The molecule has 2 rings (SSSR count). The number of nitrogens with one attached hydrogen (secondary N) is 1. The summed E-state index contributed by atoms with van der Waals surface area (Å²) >= 11 is 1.66. The number of nitrogens with zero attached hydrogens (tertiary/aromatic N) is 2. The fourth-order valence-corrected chi connectivity index (χ4v) is 2.09. The number of H-pyrrole nitrogens is 1. The van der Waals surface area contributed by atoms with Crippen LogP contribution in [0, 0.1) is 13.8 Å². The summed E-state index contributed by atoms with van der Waals surface area (Å²) < 4.78 is 0. The van der Waals surface area contributed by atoms with Crippen LogP contribution < -0.4 is 0 Å². The molecular formula is C9H11N3S. The predicted molar refractivity (Wildman–Crippen MR) is 55.1 cm³/mol. The highest BCUT2D eigenvalue weighted by molar-refractivity contribution is 7.98. The van der Waals surface area contributed by atoms with E-state index in [0.717, 1.165) is 21.9 Å². The van der Waals surface area contributed by atoms with Crippen LogP contribution in [0.3, 0.4) is 0 Å². The number of fused-ring (bicyclic) bond motifs is 1. The molecule has 1 N–H and O–H groups in total. The predicted octanol–water partition coefficient (Wildman–Crippen LogP) is 2.30. The van der Waals surface area contributed by atoms with Crippen molar-refractivity contribution in [2.24, 2.45) is 0 Å². The van der Waals surface area contributed by atoms with Crippen molar-refractivity contribution in [2.45, 2.75) is 18.9 Å². The number of thioether (sulfide) groups is 1. The SMILES string of the molecule is CSc1nc(C)nc2[nH]cc(C)c12. The van der Waals surface area contributed by atoms with Crippen molar-refractivity contribution in [1.29, 1.82) is 0 Å². The molecule has 3 nitrogen and oxygen atoms in total. The van der Waals surface area contributed by atoms with Gasteiger partial charge in [-0.25, -0.2) is 9.97 Å². The van der Waals surface area contributed by atoms with Crippen molar-refractivity contribution in [3.05, 3.63) is 17.6 Å². The molecule has 2 heterocycles. The van der Waals surface area contributed by atoms with Gasteiger partial charge in [-0.05, 0) is 25.7 Å². The molecule has 0 aliphatic carbocycles. The first-order valence-electron chi connectivity index (χ1n) is 4.08. The summed E-state index contributed by atoms with van der Waals surface area (Å²) in [5.41, 5.74) is 2.15. The molecule has 4 heteroatoms. The van der Waals surface area contributed by atoms with Crippen LogP contribution in [0.1, 0.15) is 11.4 Å². The van der Waals surface area contributed by atoms with E-state index in [2.05, 4.69) is 21.9 Å². The molecule has 2 aromatic heterocycles. The van der Waals surface area contributed by atoms with E-state index >= 15 is 0 Å². The van der Waals surface area contributed by atoms with Crippen LogP contribution in [0.15, 0.2) is 11.2 Å². The van der Waals surface area contributed by atoms with Crippen LogP contribution in [0.25, 0.3) is 11.0 Å². The minimum atomic E-state index is 0.818. The molecule has 0 amide bonds. The molecule has 0 bridgehead atoms. The third kappa shape index (κ3) is 1.31. The second-order valence-electron chi connectivity index (χ2n) is 2.98. The molecule has 0 saturated carbocycles. The lowest BCUT2D eigenvalue weighted by Gasteiger charge is -2.00. The minimum absolute atomic E-state index is 0.818. The fraction of sp³-hybridized carbons (Fsp3) is 0.333. The Hall–Kier alpha value is -1.03. The van der Waals surface area contributed by atoms with Crippen LogP contribution >= 0.6 is 11.8 Å². The number of aromatic nitrogens is 3. The topological polar surface area (TPSA) is 41.6 Å². The van der Waals surface area contributed by atoms with E-state index in [1.54, 1.807) is 11.8 Å². The summed E-state index contributed by atoms with van der Waals surface area (Å²) in [5.74, 6) is 0.818. The van der Waals surface area contributed by atoms with E-state index < -0.39 is 0 Å². The van der Waals surface area contributed by atoms with Crippen LogP contribution in [0.5, 0.6) is 0 Å². The van der Waals surface area contributed by atoms with Crippen molar-refractivity contribution in [3.8, 4) is 0 Å². The highest BCUT2D eigenvalue weighted by Gasteiger charge is 2.08. The summed E-state index contributed by atoms with van der Waals surface area (Å²) in [7, 11) is 0. The first kappa shape index (κ1) is 8.56. The molecule has 13 heavy (non-hydrogen) atoms.